The van der Waals surface area contributed by atoms with Gasteiger partial charge in [0.15, 0.2) is 0 Å². The molecule has 38 heavy (non-hydrogen) atoms. The highest BCUT2D eigenvalue weighted by atomic mass is 32.2. The second-order valence-electron chi connectivity index (χ2n) is 11.7. The number of carbonyl (C=O) groups excluding carboxylic acids is 3. The van der Waals surface area contributed by atoms with Crippen molar-refractivity contribution in [1.29, 1.82) is 0 Å². The molecule has 2 bridgehead atoms. The molecule has 0 aromatic heterocycles. The van der Waals surface area contributed by atoms with Crippen molar-refractivity contribution in [2.75, 3.05) is 11.6 Å². The molecule has 7 nitrogen and oxygen atoms in total. The van der Waals surface area contributed by atoms with E-state index in [1.54, 1.807) is 11.8 Å². The van der Waals surface area contributed by atoms with Crippen molar-refractivity contribution in [3.05, 3.63) is 36.4 Å². The van der Waals surface area contributed by atoms with E-state index >= 15 is 0 Å². The van der Waals surface area contributed by atoms with E-state index in [0.717, 1.165) is 69.1 Å². The van der Waals surface area contributed by atoms with Crippen molar-refractivity contribution >= 4 is 35.2 Å². The summed E-state index contributed by atoms with van der Waals surface area (Å²) in [5, 5.41) is 6.35. The van der Waals surface area contributed by atoms with Crippen molar-refractivity contribution in [3.8, 4) is 0 Å². The number of ether oxygens (including phenoxy) is 1. The number of benzene rings is 1. The van der Waals surface area contributed by atoms with E-state index in [1.165, 1.54) is 6.42 Å². The molecule has 2 saturated heterocycles. The van der Waals surface area contributed by atoms with Gasteiger partial charge in [-0.25, -0.2) is 0 Å². The van der Waals surface area contributed by atoms with E-state index in [9.17, 15) is 14.4 Å². The first-order valence-corrected chi connectivity index (χ1v) is 15.7. The van der Waals surface area contributed by atoms with Gasteiger partial charge in [0.2, 0.25) is 17.7 Å². The standard InChI is InChI=1S/C30H39N3O4S/c1-38-22-15-9-12-20(18-22)32-27(34)24-23-16-17-30(37-23)25(24)29(36)33(21-13-7-2-3-8-14-21)26(30)28(35)31-19-10-5-4-6-11-19/h9,12,15-19,21,23-26H,2-8,10-11,13-14H2,1H3,(H,31,35)(H,32,34)/t23-,24+,25-,26+,30-/m0/s1. The van der Waals surface area contributed by atoms with Gasteiger partial charge in [-0.05, 0) is 50.1 Å². The van der Waals surface area contributed by atoms with Crippen LogP contribution in [0, 0.1) is 11.8 Å². The summed E-state index contributed by atoms with van der Waals surface area (Å²) in [4.78, 5) is 45.0. The van der Waals surface area contributed by atoms with Crippen molar-refractivity contribution in [2.45, 2.75) is 105 Å². The third-order valence-corrected chi connectivity index (χ3v) is 10.1. The lowest BCUT2D eigenvalue weighted by Gasteiger charge is -2.37. The third-order valence-electron chi connectivity index (χ3n) is 9.37. The van der Waals surface area contributed by atoms with Gasteiger partial charge in [-0.3, -0.25) is 14.4 Å². The van der Waals surface area contributed by atoms with E-state index in [1.807, 2.05) is 47.6 Å². The van der Waals surface area contributed by atoms with Crippen LogP contribution in [0.1, 0.15) is 70.6 Å². The Bertz CT molecular complexity index is 1110. The van der Waals surface area contributed by atoms with Gasteiger partial charge in [-0.2, -0.15) is 0 Å². The molecule has 5 atom stereocenters. The summed E-state index contributed by atoms with van der Waals surface area (Å²) in [6.07, 6.45) is 16.9. The number of likely N-dealkylation sites (tertiary alicyclic amines) is 1. The Morgan fingerprint density at radius 2 is 1.71 bits per heavy atom. The minimum atomic E-state index is -1.09. The molecule has 0 unspecified atom stereocenters. The summed E-state index contributed by atoms with van der Waals surface area (Å²) >= 11 is 1.61. The Balaban J connectivity index is 1.31. The maximum atomic E-state index is 14.3. The van der Waals surface area contributed by atoms with Gasteiger partial charge < -0.3 is 20.3 Å². The van der Waals surface area contributed by atoms with Crippen LogP contribution in [0.3, 0.4) is 0 Å². The number of nitrogens with one attached hydrogen (secondary N) is 2. The molecule has 4 fully saturated rings. The van der Waals surface area contributed by atoms with Gasteiger partial charge in [0.1, 0.15) is 11.6 Å². The second-order valence-corrected chi connectivity index (χ2v) is 12.5. The van der Waals surface area contributed by atoms with Gasteiger partial charge >= 0.3 is 0 Å². The Kier molecular flexibility index (Phi) is 7.29. The summed E-state index contributed by atoms with van der Waals surface area (Å²) in [5.41, 5.74) is -0.379. The minimum absolute atomic E-state index is 0.00472. The fourth-order valence-corrected chi connectivity index (χ4v) is 8.05. The lowest BCUT2D eigenvalue weighted by molar-refractivity contribution is -0.144. The predicted octanol–water partition coefficient (Wildman–Crippen LogP) is 4.67. The van der Waals surface area contributed by atoms with Crippen molar-refractivity contribution in [2.24, 2.45) is 11.8 Å². The number of rotatable bonds is 6. The molecule has 2 saturated carbocycles. The summed E-state index contributed by atoms with van der Waals surface area (Å²) < 4.78 is 6.55. The highest BCUT2D eigenvalue weighted by Crippen LogP contribution is 2.56. The van der Waals surface area contributed by atoms with Crippen LogP contribution < -0.4 is 10.6 Å². The number of fused-ring (bicyclic) bond motifs is 1. The van der Waals surface area contributed by atoms with E-state index in [4.69, 9.17) is 4.74 Å². The molecule has 5 aliphatic rings. The summed E-state index contributed by atoms with van der Waals surface area (Å²) in [7, 11) is 0. The maximum absolute atomic E-state index is 14.3. The lowest BCUT2D eigenvalue weighted by atomic mass is 9.74. The van der Waals surface area contributed by atoms with Gasteiger partial charge in [0.25, 0.3) is 0 Å². The van der Waals surface area contributed by atoms with E-state index < -0.39 is 29.6 Å². The largest absolute Gasteiger partial charge is 0.359 e. The number of nitrogens with zero attached hydrogens (tertiary/aromatic N) is 1. The van der Waals surface area contributed by atoms with Crippen LogP contribution in [0.2, 0.25) is 0 Å². The maximum Gasteiger partial charge on any atom is 0.246 e. The molecule has 204 valence electrons. The molecule has 6 rings (SSSR count). The fourth-order valence-electron chi connectivity index (χ4n) is 7.59. The monoisotopic (exact) mass is 537 g/mol. The van der Waals surface area contributed by atoms with Gasteiger partial charge in [0, 0.05) is 22.7 Å². The zero-order valence-electron chi connectivity index (χ0n) is 22.2. The smallest absolute Gasteiger partial charge is 0.246 e. The van der Waals surface area contributed by atoms with Crippen LogP contribution in [-0.4, -0.2) is 58.7 Å². The molecule has 8 heteroatoms. The summed E-state index contributed by atoms with van der Waals surface area (Å²) in [6.45, 7) is 0. The van der Waals surface area contributed by atoms with Gasteiger partial charge in [-0.15, -0.1) is 11.8 Å². The molecule has 3 aliphatic heterocycles. The zero-order chi connectivity index (χ0) is 26.3. The number of hydrogen-bond acceptors (Lipinski definition) is 5. The Morgan fingerprint density at radius 3 is 2.45 bits per heavy atom. The number of anilines is 1. The molecule has 1 aromatic carbocycles. The topological polar surface area (TPSA) is 87.7 Å². The molecule has 0 radical (unpaired) electrons. The fraction of sp³-hybridized carbons (Fsp3) is 0.633. The van der Waals surface area contributed by atoms with Gasteiger partial charge in [0.05, 0.1) is 17.9 Å². The van der Waals surface area contributed by atoms with Crippen LogP contribution in [-0.2, 0) is 19.1 Å². The Labute approximate surface area is 229 Å². The van der Waals surface area contributed by atoms with Crippen molar-refractivity contribution in [3.63, 3.8) is 0 Å². The van der Waals surface area contributed by atoms with E-state index in [2.05, 4.69) is 10.6 Å². The minimum Gasteiger partial charge on any atom is -0.359 e. The Morgan fingerprint density at radius 1 is 1.00 bits per heavy atom. The average molecular weight is 538 g/mol. The first-order chi connectivity index (χ1) is 18.5. The molecule has 3 amide bonds. The molecule has 2 aliphatic carbocycles. The highest BCUT2D eigenvalue weighted by Gasteiger charge is 2.73. The van der Waals surface area contributed by atoms with Gasteiger partial charge in [-0.1, -0.05) is 63.2 Å². The first kappa shape index (κ1) is 25.9. The number of thioether (sulfide) groups is 1. The van der Waals surface area contributed by atoms with Crippen LogP contribution in [0.5, 0.6) is 0 Å². The molecular weight excluding hydrogens is 498 g/mol. The van der Waals surface area contributed by atoms with Crippen molar-refractivity contribution < 1.29 is 19.1 Å². The predicted molar refractivity (Wildman–Crippen MR) is 148 cm³/mol. The van der Waals surface area contributed by atoms with E-state index in [-0.39, 0.29) is 29.8 Å². The SMILES string of the molecule is CSc1cccc(NC(=O)[C@@H]2[C@@H]3C=C[C@]4(O3)[C@@H]2C(=O)N(C2CCCCCC2)[C@@H]4C(=O)NC2CCCCC2)c1. The number of amides is 3. The van der Waals surface area contributed by atoms with Crippen molar-refractivity contribution in [1.82, 2.24) is 10.2 Å². The average Bonchev–Trinajstić information content (AvgIpc) is 3.48. The second kappa shape index (κ2) is 10.7. The van der Waals surface area contributed by atoms with Crippen LogP contribution in [0.15, 0.2) is 41.3 Å². The van der Waals surface area contributed by atoms with Crippen LogP contribution in [0.25, 0.3) is 0 Å². The Hall–Kier alpha value is -2.32. The molecule has 2 N–H and O–H groups in total. The summed E-state index contributed by atoms with van der Waals surface area (Å²) in [6, 6.07) is 7.14. The normalized spacial score (nSPS) is 33.3. The number of hydrogen-bond donors (Lipinski definition) is 2. The van der Waals surface area contributed by atoms with Crippen LogP contribution in [0.4, 0.5) is 5.69 Å². The quantitative estimate of drug-likeness (QED) is 0.313. The zero-order valence-corrected chi connectivity index (χ0v) is 23.0. The van der Waals surface area contributed by atoms with E-state index in [0.29, 0.717) is 5.69 Å². The van der Waals surface area contributed by atoms with Crippen LogP contribution >= 0.6 is 11.8 Å². The lowest BCUT2D eigenvalue weighted by Crippen LogP contribution is -2.58. The molecule has 1 spiro atoms. The number of carbonyl (C=O) groups is 3. The molecule has 3 heterocycles. The third kappa shape index (κ3) is 4.47. The molecule has 1 aromatic rings. The molecular formula is C30H39N3O4S. The highest BCUT2D eigenvalue weighted by molar-refractivity contribution is 7.98. The summed E-state index contributed by atoms with van der Waals surface area (Å²) in [5.74, 6) is -1.77. The first-order valence-electron chi connectivity index (χ1n) is 14.5.